The van der Waals surface area contributed by atoms with Crippen molar-refractivity contribution in [1.82, 2.24) is 5.32 Å². The Morgan fingerprint density at radius 3 is 2.27 bits per heavy atom. The summed E-state index contributed by atoms with van der Waals surface area (Å²) in [5.74, 6) is -0.526. The smallest absolute Gasteiger partial charge is 0.303 e. The zero-order valence-corrected chi connectivity index (χ0v) is 9.96. The number of nitrogens with one attached hydrogen (secondary N) is 1. The number of carbonyl (C=O) groups is 2. The Morgan fingerprint density at radius 2 is 1.87 bits per heavy atom. The fourth-order valence-electron chi connectivity index (χ4n) is 1.28. The first-order valence-electron chi connectivity index (χ1n) is 5.26. The van der Waals surface area contributed by atoms with Gasteiger partial charge in [0, 0.05) is 18.4 Å². The summed E-state index contributed by atoms with van der Waals surface area (Å²) < 4.78 is 0. The van der Waals surface area contributed by atoms with Gasteiger partial charge in [-0.1, -0.05) is 13.8 Å². The maximum atomic E-state index is 11.5. The molecule has 0 fully saturated rings. The fraction of sp³-hybridized carbons (Fsp3) is 0.818. The maximum absolute atomic E-state index is 11.5. The number of rotatable bonds is 6. The minimum atomic E-state index is -0.832. The van der Waals surface area contributed by atoms with E-state index in [-0.39, 0.29) is 12.3 Å². The molecular weight excluding hydrogens is 194 g/mol. The molecule has 0 aromatic heterocycles. The van der Waals surface area contributed by atoms with Crippen LogP contribution < -0.4 is 5.32 Å². The quantitative estimate of drug-likeness (QED) is 0.710. The van der Waals surface area contributed by atoms with Crippen LogP contribution in [0.1, 0.15) is 47.0 Å². The van der Waals surface area contributed by atoms with Crippen LogP contribution in [-0.2, 0) is 9.59 Å². The van der Waals surface area contributed by atoms with Gasteiger partial charge in [0.1, 0.15) is 0 Å². The molecule has 0 bridgehead atoms. The van der Waals surface area contributed by atoms with Crippen molar-refractivity contribution < 1.29 is 14.7 Å². The maximum Gasteiger partial charge on any atom is 0.303 e. The Bertz CT molecular complexity index is 234. The summed E-state index contributed by atoms with van der Waals surface area (Å²) in [7, 11) is 0. The van der Waals surface area contributed by atoms with E-state index in [1.54, 1.807) is 0 Å². The van der Waals surface area contributed by atoms with E-state index >= 15 is 0 Å². The second-order valence-electron chi connectivity index (χ2n) is 4.92. The van der Waals surface area contributed by atoms with Gasteiger partial charge in [-0.3, -0.25) is 9.59 Å². The standard InChI is InChI=1S/C11H21NO3/c1-8(2)7-9(13)12-11(3,4)6-5-10(14)15/h8H,5-7H2,1-4H3,(H,12,13)(H,14,15). The van der Waals surface area contributed by atoms with Gasteiger partial charge < -0.3 is 10.4 Å². The second-order valence-corrected chi connectivity index (χ2v) is 4.92. The van der Waals surface area contributed by atoms with Gasteiger partial charge in [0.15, 0.2) is 0 Å². The van der Waals surface area contributed by atoms with Crippen LogP contribution in [0.3, 0.4) is 0 Å². The van der Waals surface area contributed by atoms with E-state index in [0.717, 1.165) is 0 Å². The molecule has 0 aliphatic rings. The Morgan fingerprint density at radius 1 is 1.33 bits per heavy atom. The molecule has 0 rings (SSSR count). The van der Waals surface area contributed by atoms with Crippen molar-refractivity contribution >= 4 is 11.9 Å². The number of carboxylic acids is 1. The van der Waals surface area contributed by atoms with Crippen molar-refractivity contribution in [2.24, 2.45) is 5.92 Å². The largest absolute Gasteiger partial charge is 0.481 e. The van der Waals surface area contributed by atoms with Crippen molar-refractivity contribution in [3.05, 3.63) is 0 Å². The average molecular weight is 215 g/mol. The summed E-state index contributed by atoms with van der Waals surface area (Å²) in [5.41, 5.74) is -0.440. The predicted molar refractivity (Wildman–Crippen MR) is 58.5 cm³/mol. The minimum absolute atomic E-state index is 0.0135. The minimum Gasteiger partial charge on any atom is -0.481 e. The van der Waals surface area contributed by atoms with Gasteiger partial charge in [0.2, 0.25) is 5.91 Å². The van der Waals surface area contributed by atoms with Crippen LogP contribution in [0, 0.1) is 5.92 Å². The first-order chi connectivity index (χ1) is 6.73. The number of amides is 1. The van der Waals surface area contributed by atoms with E-state index in [4.69, 9.17) is 5.11 Å². The fourth-order valence-corrected chi connectivity index (χ4v) is 1.28. The van der Waals surface area contributed by atoms with Crippen molar-refractivity contribution in [2.75, 3.05) is 0 Å². The molecule has 0 radical (unpaired) electrons. The highest BCUT2D eigenvalue weighted by atomic mass is 16.4. The normalized spacial score (nSPS) is 11.5. The topological polar surface area (TPSA) is 66.4 Å². The van der Waals surface area contributed by atoms with Gasteiger partial charge >= 0.3 is 5.97 Å². The van der Waals surface area contributed by atoms with E-state index in [9.17, 15) is 9.59 Å². The zero-order valence-electron chi connectivity index (χ0n) is 9.96. The van der Waals surface area contributed by atoms with Crippen LogP contribution in [0.4, 0.5) is 0 Å². The third-order valence-corrected chi connectivity index (χ3v) is 2.04. The highest BCUT2D eigenvalue weighted by Crippen LogP contribution is 2.12. The number of carboxylic acid groups (broad SMARTS) is 1. The molecule has 0 aliphatic carbocycles. The molecule has 0 atom stereocenters. The van der Waals surface area contributed by atoms with Crippen LogP contribution in [0.2, 0.25) is 0 Å². The van der Waals surface area contributed by atoms with Crippen molar-refractivity contribution in [2.45, 2.75) is 52.5 Å². The van der Waals surface area contributed by atoms with Crippen LogP contribution in [0.25, 0.3) is 0 Å². The van der Waals surface area contributed by atoms with Gasteiger partial charge in [-0.2, -0.15) is 0 Å². The molecule has 0 saturated heterocycles. The summed E-state index contributed by atoms with van der Waals surface area (Å²) in [5, 5.41) is 11.4. The van der Waals surface area contributed by atoms with Crippen LogP contribution in [-0.4, -0.2) is 22.5 Å². The Kier molecular flexibility index (Phi) is 5.33. The highest BCUT2D eigenvalue weighted by molar-refractivity contribution is 5.77. The third kappa shape index (κ3) is 7.97. The number of aliphatic carboxylic acids is 1. The number of hydrogen-bond donors (Lipinski definition) is 2. The molecule has 1 amide bonds. The lowest BCUT2D eigenvalue weighted by atomic mass is 9.97. The number of hydrogen-bond acceptors (Lipinski definition) is 2. The molecule has 0 aromatic carbocycles. The Balaban J connectivity index is 4.01. The molecule has 4 nitrogen and oxygen atoms in total. The van der Waals surface area contributed by atoms with Gasteiger partial charge in [0.25, 0.3) is 0 Å². The molecule has 0 unspecified atom stereocenters. The van der Waals surface area contributed by atoms with Crippen molar-refractivity contribution in [3.8, 4) is 0 Å². The predicted octanol–water partition coefficient (Wildman–Crippen LogP) is 1.79. The lowest BCUT2D eigenvalue weighted by Crippen LogP contribution is -2.44. The summed E-state index contributed by atoms with van der Waals surface area (Å²) in [6.07, 6.45) is 1.01. The van der Waals surface area contributed by atoms with Gasteiger partial charge in [-0.15, -0.1) is 0 Å². The van der Waals surface area contributed by atoms with Crippen LogP contribution >= 0.6 is 0 Å². The first-order valence-corrected chi connectivity index (χ1v) is 5.26. The van der Waals surface area contributed by atoms with E-state index in [1.165, 1.54) is 0 Å². The molecule has 0 spiro atoms. The lowest BCUT2D eigenvalue weighted by Gasteiger charge is -2.26. The zero-order chi connectivity index (χ0) is 12.1. The van der Waals surface area contributed by atoms with Crippen LogP contribution in [0.15, 0.2) is 0 Å². The van der Waals surface area contributed by atoms with E-state index in [1.807, 2.05) is 27.7 Å². The lowest BCUT2D eigenvalue weighted by molar-refractivity contribution is -0.137. The van der Waals surface area contributed by atoms with Gasteiger partial charge in [-0.05, 0) is 26.2 Å². The monoisotopic (exact) mass is 215 g/mol. The summed E-state index contributed by atoms with van der Waals surface area (Å²) in [6.45, 7) is 7.63. The molecular formula is C11H21NO3. The molecule has 0 aliphatic heterocycles. The third-order valence-electron chi connectivity index (χ3n) is 2.04. The van der Waals surface area contributed by atoms with Crippen molar-refractivity contribution in [3.63, 3.8) is 0 Å². The molecule has 88 valence electrons. The van der Waals surface area contributed by atoms with E-state index in [0.29, 0.717) is 18.8 Å². The Hall–Kier alpha value is -1.06. The molecule has 0 heterocycles. The second kappa shape index (κ2) is 5.73. The molecule has 4 heteroatoms. The molecule has 2 N–H and O–H groups in total. The molecule has 0 saturated carbocycles. The highest BCUT2D eigenvalue weighted by Gasteiger charge is 2.21. The Labute approximate surface area is 91.1 Å². The van der Waals surface area contributed by atoms with Crippen molar-refractivity contribution in [1.29, 1.82) is 0 Å². The molecule has 0 aromatic rings. The molecule has 15 heavy (non-hydrogen) atoms. The summed E-state index contributed by atoms with van der Waals surface area (Å²) >= 11 is 0. The van der Waals surface area contributed by atoms with E-state index < -0.39 is 11.5 Å². The first kappa shape index (κ1) is 13.9. The van der Waals surface area contributed by atoms with Crippen LogP contribution in [0.5, 0.6) is 0 Å². The SMILES string of the molecule is CC(C)CC(=O)NC(C)(C)CCC(=O)O. The summed E-state index contributed by atoms with van der Waals surface area (Å²) in [4.78, 5) is 21.9. The van der Waals surface area contributed by atoms with Gasteiger partial charge in [-0.25, -0.2) is 0 Å². The average Bonchev–Trinajstić information content (AvgIpc) is 1.98. The number of carbonyl (C=O) groups excluding carboxylic acids is 1. The van der Waals surface area contributed by atoms with Gasteiger partial charge in [0.05, 0.1) is 0 Å². The van der Waals surface area contributed by atoms with E-state index in [2.05, 4.69) is 5.32 Å². The summed E-state index contributed by atoms with van der Waals surface area (Å²) in [6, 6.07) is 0.